The highest BCUT2D eigenvalue weighted by atomic mass is 16.6. The first-order chi connectivity index (χ1) is 7.58. The first kappa shape index (κ1) is 10.4. The van der Waals surface area contributed by atoms with Crippen LogP contribution in [0.15, 0.2) is 43.0 Å². The molecular weight excluding hydrogens is 206 g/mol. The van der Waals surface area contributed by atoms with Crippen LogP contribution in [0.25, 0.3) is 0 Å². The van der Waals surface area contributed by atoms with Gasteiger partial charge in [0, 0.05) is 0 Å². The van der Waals surface area contributed by atoms with Crippen LogP contribution in [0.5, 0.6) is 0 Å². The standard InChI is InChI=1S/C12H11NO3/c1-3-12(2)10(14)13(11(15)16-12)9-7-5-4-6-8-9/h3-8H,1H2,2H3. The van der Waals surface area contributed by atoms with Crippen molar-refractivity contribution < 1.29 is 14.3 Å². The number of imide groups is 1. The summed E-state index contributed by atoms with van der Waals surface area (Å²) in [5.41, 5.74) is -0.754. The van der Waals surface area contributed by atoms with Gasteiger partial charge < -0.3 is 4.74 Å². The predicted molar refractivity (Wildman–Crippen MR) is 59.0 cm³/mol. The zero-order valence-electron chi connectivity index (χ0n) is 8.84. The second-order valence-electron chi connectivity index (χ2n) is 3.66. The van der Waals surface area contributed by atoms with E-state index in [9.17, 15) is 9.59 Å². The third-order valence-corrected chi connectivity index (χ3v) is 2.51. The van der Waals surface area contributed by atoms with E-state index in [4.69, 9.17) is 4.74 Å². The average Bonchev–Trinajstić information content (AvgIpc) is 2.52. The first-order valence-corrected chi connectivity index (χ1v) is 4.84. The van der Waals surface area contributed by atoms with Gasteiger partial charge in [0.1, 0.15) is 0 Å². The lowest BCUT2D eigenvalue weighted by Crippen LogP contribution is -2.36. The van der Waals surface area contributed by atoms with Gasteiger partial charge in [-0.2, -0.15) is 0 Å². The molecule has 0 saturated carbocycles. The van der Waals surface area contributed by atoms with E-state index in [1.165, 1.54) is 13.0 Å². The van der Waals surface area contributed by atoms with Crippen molar-refractivity contribution in [1.82, 2.24) is 0 Å². The molecule has 1 aromatic rings. The number of ether oxygens (including phenoxy) is 1. The van der Waals surface area contributed by atoms with Gasteiger partial charge in [-0.25, -0.2) is 9.69 Å². The minimum atomic E-state index is -1.26. The summed E-state index contributed by atoms with van der Waals surface area (Å²) in [6.07, 6.45) is 0.662. The molecule has 0 spiro atoms. The molecule has 16 heavy (non-hydrogen) atoms. The Morgan fingerprint density at radius 1 is 1.31 bits per heavy atom. The molecule has 0 bridgehead atoms. The third-order valence-electron chi connectivity index (χ3n) is 2.51. The number of benzene rings is 1. The molecule has 1 aliphatic rings. The maximum atomic E-state index is 12.0. The zero-order valence-corrected chi connectivity index (χ0v) is 8.84. The van der Waals surface area contributed by atoms with E-state index in [0.717, 1.165) is 4.90 Å². The lowest BCUT2D eigenvalue weighted by atomic mass is 10.1. The van der Waals surface area contributed by atoms with Crippen LogP contribution in [0.2, 0.25) is 0 Å². The summed E-state index contributed by atoms with van der Waals surface area (Å²) in [6, 6.07) is 8.66. The van der Waals surface area contributed by atoms with Crippen molar-refractivity contribution in [3.05, 3.63) is 43.0 Å². The topological polar surface area (TPSA) is 46.6 Å². The number of rotatable bonds is 2. The summed E-state index contributed by atoms with van der Waals surface area (Å²) >= 11 is 0. The van der Waals surface area contributed by atoms with Crippen LogP contribution >= 0.6 is 0 Å². The SMILES string of the molecule is C=CC1(C)OC(=O)N(c2ccccc2)C1=O. The molecule has 1 atom stereocenters. The first-order valence-electron chi connectivity index (χ1n) is 4.84. The van der Waals surface area contributed by atoms with Crippen molar-refractivity contribution in [2.45, 2.75) is 12.5 Å². The molecule has 1 fully saturated rings. The molecule has 2 amide bonds. The molecule has 4 heteroatoms. The minimum Gasteiger partial charge on any atom is -0.428 e. The number of anilines is 1. The molecule has 1 heterocycles. The lowest BCUT2D eigenvalue weighted by Gasteiger charge is -2.14. The fourth-order valence-corrected chi connectivity index (χ4v) is 1.50. The number of nitrogens with zero attached hydrogens (tertiary/aromatic N) is 1. The van der Waals surface area contributed by atoms with Gasteiger partial charge in [0.2, 0.25) is 5.60 Å². The second-order valence-corrected chi connectivity index (χ2v) is 3.66. The highest BCUT2D eigenvalue weighted by molar-refractivity contribution is 6.20. The van der Waals surface area contributed by atoms with Crippen molar-refractivity contribution in [1.29, 1.82) is 0 Å². The fourth-order valence-electron chi connectivity index (χ4n) is 1.50. The van der Waals surface area contributed by atoms with Crippen molar-refractivity contribution in [2.75, 3.05) is 4.90 Å². The Hall–Kier alpha value is -2.10. The van der Waals surface area contributed by atoms with Crippen LogP contribution in [0.3, 0.4) is 0 Å². The fraction of sp³-hybridized carbons (Fsp3) is 0.167. The van der Waals surface area contributed by atoms with Crippen molar-refractivity contribution in [3.63, 3.8) is 0 Å². The van der Waals surface area contributed by atoms with E-state index in [1.807, 2.05) is 6.07 Å². The number of hydrogen-bond donors (Lipinski definition) is 0. The van der Waals surface area contributed by atoms with E-state index in [2.05, 4.69) is 6.58 Å². The lowest BCUT2D eigenvalue weighted by molar-refractivity contribution is -0.125. The Balaban J connectivity index is 2.42. The molecule has 1 unspecified atom stereocenters. The zero-order chi connectivity index (χ0) is 11.8. The summed E-state index contributed by atoms with van der Waals surface area (Å²) in [5, 5.41) is 0. The van der Waals surface area contributed by atoms with Crippen LogP contribution in [-0.2, 0) is 9.53 Å². The molecule has 1 saturated heterocycles. The number of cyclic esters (lactones) is 1. The monoisotopic (exact) mass is 217 g/mol. The Morgan fingerprint density at radius 3 is 2.44 bits per heavy atom. The Kier molecular flexibility index (Phi) is 2.27. The summed E-state index contributed by atoms with van der Waals surface area (Å²) < 4.78 is 5.00. The largest absolute Gasteiger partial charge is 0.428 e. The maximum absolute atomic E-state index is 12.0. The highest BCUT2D eigenvalue weighted by Crippen LogP contribution is 2.29. The number of para-hydroxylation sites is 1. The van der Waals surface area contributed by atoms with Gasteiger partial charge in [0.25, 0.3) is 5.91 Å². The maximum Gasteiger partial charge on any atom is 0.422 e. The van der Waals surface area contributed by atoms with E-state index in [-0.39, 0.29) is 0 Å². The third kappa shape index (κ3) is 1.39. The summed E-state index contributed by atoms with van der Waals surface area (Å²) in [6.45, 7) is 5.02. The van der Waals surface area contributed by atoms with Gasteiger partial charge in [0.15, 0.2) is 0 Å². The molecule has 0 aromatic heterocycles. The van der Waals surface area contributed by atoms with Crippen LogP contribution in [0, 0.1) is 0 Å². The second kappa shape index (κ2) is 3.48. The van der Waals surface area contributed by atoms with Crippen molar-refractivity contribution in [3.8, 4) is 0 Å². The Bertz CT molecular complexity index is 455. The summed E-state index contributed by atoms with van der Waals surface area (Å²) in [5.74, 6) is -0.418. The smallest absolute Gasteiger partial charge is 0.422 e. The van der Waals surface area contributed by atoms with Crippen LogP contribution in [-0.4, -0.2) is 17.6 Å². The van der Waals surface area contributed by atoms with Gasteiger partial charge >= 0.3 is 6.09 Å². The molecule has 4 nitrogen and oxygen atoms in total. The normalized spacial score (nSPS) is 24.4. The summed E-state index contributed by atoms with van der Waals surface area (Å²) in [7, 11) is 0. The van der Waals surface area contributed by atoms with Gasteiger partial charge in [-0.15, -0.1) is 0 Å². The van der Waals surface area contributed by atoms with E-state index in [1.54, 1.807) is 24.3 Å². The van der Waals surface area contributed by atoms with E-state index < -0.39 is 17.6 Å². The molecule has 1 aromatic carbocycles. The van der Waals surface area contributed by atoms with Crippen LogP contribution in [0.4, 0.5) is 10.5 Å². The van der Waals surface area contributed by atoms with E-state index >= 15 is 0 Å². The van der Waals surface area contributed by atoms with E-state index in [0.29, 0.717) is 5.69 Å². The number of carbonyl (C=O) groups excluding carboxylic acids is 2. The number of hydrogen-bond acceptors (Lipinski definition) is 3. The molecule has 1 aliphatic heterocycles. The van der Waals surface area contributed by atoms with Gasteiger partial charge in [-0.3, -0.25) is 4.79 Å². The molecule has 0 aliphatic carbocycles. The Morgan fingerprint density at radius 2 is 1.94 bits per heavy atom. The van der Waals surface area contributed by atoms with Crippen molar-refractivity contribution in [2.24, 2.45) is 0 Å². The van der Waals surface area contributed by atoms with Crippen LogP contribution < -0.4 is 4.90 Å². The number of carbonyl (C=O) groups is 2. The molecule has 2 rings (SSSR count). The molecule has 0 N–H and O–H groups in total. The quantitative estimate of drug-likeness (QED) is 0.713. The highest BCUT2D eigenvalue weighted by Gasteiger charge is 2.49. The van der Waals surface area contributed by atoms with Crippen LogP contribution in [0.1, 0.15) is 6.92 Å². The average molecular weight is 217 g/mol. The molecule has 82 valence electrons. The number of amides is 2. The van der Waals surface area contributed by atoms with Gasteiger partial charge in [0.05, 0.1) is 5.69 Å². The molecule has 0 radical (unpaired) electrons. The Labute approximate surface area is 93.1 Å². The van der Waals surface area contributed by atoms with Gasteiger partial charge in [-0.1, -0.05) is 24.8 Å². The minimum absolute atomic E-state index is 0.418. The molecular formula is C12H11NO3. The summed E-state index contributed by atoms with van der Waals surface area (Å²) in [4.78, 5) is 24.6. The predicted octanol–water partition coefficient (Wildman–Crippen LogP) is 2.11. The van der Waals surface area contributed by atoms with Crippen molar-refractivity contribution >= 4 is 17.7 Å². The van der Waals surface area contributed by atoms with Gasteiger partial charge in [-0.05, 0) is 25.1 Å².